The predicted octanol–water partition coefficient (Wildman–Crippen LogP) is 2.69. The van der Waals surface area contributed by atoms with Crippen molar-refractivity contribution in [3.63, 3.8) is 0 Å². The molecule has 0 aromatic rings. The second kappa shape index (κ2) is 7.80. The molecule has 0 aliphatic carbocycles. The van der Waals surface area contributed by atoms with E-state index in [1.807, 2.05) is 6.92 Å². The molecule has 0 heterocycles. The molecular weight excluding hydrogens is 134 g/mol. The maximum absolute atomic E-state index is 3.36. The van der Waals surface area contributed by atoms with Crippen molar-refractivity contribution in [1.29, 1.82) is 0 Å². The molecule has 11 heavy (non-hydrogen) atoms. The minimum absolute atomic E-state index is 1.10. The third kappa shape index (κ3) is 26.0. The van der Waals surface area contributed by atoms with E-state index in [1.54, 1.807) is 6.08 Å². The van der Waals surface area contributed by atoms with Crippen molar-refractivity contribution < 1.29 is 4.48 Å². The molecular formula is C10H24N+. The molecule has 0 rings (SSSR count). The van der Waals surface area contributed by atoms with E-state index in [2.05, 4.69) is 34.6 Å². The lowest BCUT2D eigenvalue weighted by atomic mass is 10.3. The largest absolute Gasteiger partial charge is 0.331 e. The van der Waals surface area contributed by atoms with Crippen LogP contribution in [-0.4, -0.2) is 32.2 Å². The van der Waals surface area contributed by atoms with E-state index < -0.39 is 0 Å². The molecule has 0 bridgehead atoms. The Balaban J connectivity index is 0. The van der Waals surface area contributed by atoms with Crippen LogP contribution in [-0.2, 0) is 0 Å². The Morgan fingerprint density at radius 2 is 1.64 bits per heavy atom. The highest BCUT2D eigenvalue weighted by atomic mass is 15.3. The highest BCUT2D eigenvalue weighted by molar-refractivity contribution is 4.51. The van der Waals surface area contributed by atoms with E-state index in [0.717, 1.165) is 4.48 Å². The van der Waals surface area contributed by atoms with Crippen molar-refractivity contribution >= 4 is 0 Å². The molecule has 1 nitrogen and oxygen atoms in total. The van der Waals surface area contributed by atoms with Gasteiger partial charge in [-0.2, -0.15) is 0 Å². The molecule has 0 atom stereocenters. The maximum atomic E-state index is 3.36. The minimum Gasteiger partial charge on any atom is -0.331 e. The highest BCUT2D eigenvalue weighted by Gasteiger charge is 2.02. The van der Waals surface area contributed by atoms with Crippen LogP contribution in [0.4, 0.5) is 0 Å². The fraction of sp³-hybridized carbons (Fsp3) is 0.800. The quantitative estimate of drug-likeness (QED) is 0.437. The van der Waals surface area contributed by atoms with Crippen molar-refractivity contribution in [1.82, 2.24) is 0 Å². The molecule has 0 fully saturated rings. The molecule has 0 unspecified atom stereocenters. The number of nitrogens with zero attached hydrogens (tertiary/aromatic N) is 1. The summed E-state index contributed by atoms with van der Waals surface area (Å²) in [6.07, 6.45) is 4.42. The number of rotatable bonds is 3. The normalized spacial score (nSPS) is 9.91. The molecule has 0 spiro atoms. The molecule has 0 N–H and O–H groups in total. The Hall–Kier alpha value is -0.300. The molecule has 68 valence electrons. The molecule has 1 heteroatoms. The topological polar surface area (TPSA) is 0 Å². The first-order valence-corrected chi connectivity index (χ1v) is 4.35. The first kappa shape index (κ1) is 13.3. The number of hydrogen-bond acceptors (Lipinski definition) is 0. The second-order valence-corrected chi connectivity index (χ2v) is 3.78. The second-order valence-electron chi connectivity index (χ2n) is 3.78. The van der Waals surface area contributed by atoms with E-state index in [9.17, 15) is 0 Å². The van der Waals surface area contributed by atoms with E-state index in [4.69, 9.17) is 0 Å². The first-order valence-electron chi connectivity index (χ1n) is 4.35. The summed E-state index contributed by atoms with van der Waals surface area (Å²) < 4.78 is 1.10. The Kier molecular flexibility index (Phi) is 9.44. The van der Waals surface area contributed by atoms with Gasteiger partial charge in [0.25, 0.3) is 0 Å². The number of allylic oxidation sites excluding steroid dienone is 1. The minimum atomic E-state index is 1.10. The van der Waals surface area contributed by atoms with Crippen LogP contribution in [0, 0.1) is 0 Å². The number of hydrogen-bond donors (Lipinski definition) is 0. The summed E-state index contributed by atoms with van der Waals surface area (Å²) in [5, 5.41) is 0. The third-order valence-corrected chi connectivity index (χ3v) is 1.18. The zero-order valence-electron chi connectivity index (χ0n) is 8.85. The van der Waals surface area contributed by atoms with Crippen LogP contribution < -0.4 is 0 Å². The van der Waals surface area contributed by atoms with Gasteiger partial charge in [-0.1, -0.05) is 19.4 Å². The maximum Gasteiger partial charge on any atom is 0.0780 e. The van der Waals surface area contributed by atoms with Crippen molar-refractivity contribution in [2.24, 2.45) is 0 Å². The highest BCUT2D eigenvalue weighted by Crippen LogP contribution is 1.94. The number of quaternary nitrogens is 1. The molecule has 0 aliphatic heterocycles. The van der Waals surface area contributed by atoms with Crippen LogP contribution in [0.3, 0.4) is 0 Å². The average molecular weight is 158 g/mol. The van der Waals surface area contributed by atoms with Gasteiger partial charge in [-0.15, -0.1) is 6.58 Å². The van der Waals surface area contributed by atoms with Gasteiger partial charge in [-0.25, -0.2) is 0 Å². The van der Waals surface area contributed by atoms with Crippen LogP contribution in [0.2, 0.25) is 0 Å². The van der Waals surface area contributed by atoms with Gasteiger partial charge < -0.3 is 4.48 Å². The molecule has 0 saturated heterocycles. The summed E-state index contributed by atoms with van der Waals surface area (Å²) in [6, 6.07) is 0. The fourth-order valence-corrected chi connectivity index (χ4v) is 0.632. The molecule has 0 aromatic carbocycles. The number of unbranched alkanes of at least 4 members (excludes halogenated alkanes) is 1. The summed E-state index contributed by atoms with van der Waals surface area (Å²) in [5.74, 6) is 0. The van der Waals surface area contributed by atoms with E-state index in [1.165, 1.54) is 19.4 Å². The predicted molar refractivity (Wildman–Crippen MR) is 53.7 cm³/mol. The van der Waals surface area contributed by atoms with E-state index in [-0.39, 0.29) is 0 Å². The van der Waals surface area contributed by atoms with Gasteiger partial charge in [-0.05, 0) is 13.3 Å². The van der Waals surface area contributed by atoms with Crippen LogP contribution in [0.1, 0.15) is 26.7 Å². The van der Waals surface area contributed by atoms with Gasteiger partial charge >= 0.3 is 0 Å². The van der Waals surface area contributed by atoms with Crippen molar-refractivity contribution in [3.8, 4) is 0 Å². The van der Waals surface area contributed by atoms with Crippen molar-refractivity contribution in [2.45, 2.75) is 26.7 Å². The first-order chi connectivity index (χ1) is 4.97. The van der Waals surface area contributed by atoms with E-state index >= 15 is 0 Å². The SMILES string of the molecule is C=CC.CCCC[N+](C)(C)C. The molecule has 0 aliphatic rings. The Morgan fingerprint density at radius 1 is 1.27 bits per heavy atom. The van der Waals surface area contributed by atoms with Crippen LogP contribution in [0.15, 0.2) is 12.7 Å². The summed E-state index contributed by atoms with van der Waals surface area (Å²) in [4.78, 5) is 0. The Bertz CT molecular complexity index is 79.4. The third-order valence-electron chi connectivity index (χ3n) is 1.18. The smallest absolute Gasteiger partial charge is 0.0780 e. The molecule has 0 saturated carbocycles. The molecule has 0 aromatic heterocycles. The lowest BCUT2D eigenvalue weighted by molar-refractivity contribution is -0.870. The van der Waals surface area contributed by atoms with Crippen LogP contribution in [0.25, 0.3) is 0 Å². The van der Waals surface area contributed by atoms with Gasteiger partial charge in [-0.3, -0.25) is 0 Å². The van der Waals surface area contributed by atoms with Gasteiger partial charge in [0, 0.05) is 0 Å². The van der Waals surface area contributed by atoms with Gasteiger partial charge in [0.05, 0.1) is 27.7 Å². The summed E-state index contributed by atoms with van der Waals surface area (Å²) >= 11 is 0. The average Bonchev–Trinajstić information content (AvgIpc) is 1.84. The lowest BCUT2D eigenvalue weighted by Crippen LogP contribution is -2.35. The van der Waals surface area contributed by atoms with Crippen molar-refractivity contribution in [3.05, 3.63) is 12.7 Å². The Morgan fingerprint density at radius 3 is 1.73 bits per heavy atom. The summed E-state index contributed by atoms with van der Waals surface area (Å²) in [7, 11) is 6.70. The monoisotopic (exact) mass is 158 g/mol. The van der Waals surface area contributed by atoms with Crippen LogP contribution >= 0.6 is 0 Å². The van der Waals surface area contributed by atoms with Gasteiger partial charge in [0.15, 0.2) is 0 Å². The van der Waals surface area contributed by atoms with Gasteiger partial charge in [0.1, 0.15) is 0 Å². The Labute approximate surface area is 72.3 Å². The fourth-order valence-electron chi connectivity index (χ4n) is 0.632. The molecule has 0 radical (unpaired) electrons. The van der Waals surface area contributed by atoms with Crippen molar-refractivity contribution in [2.75, 3.05) is 27.7 Å². The van der Waals surface area contributed by atoms with Crippen LogP contribution in [0.5, 0.6) is 0 Å². The zero-order chi connectivity index (χ0) is 9.33. The zero-order valence-corrected chi connectivity index (χ0v) is 8.85. The summed E-state index contributed by atoms with van der Waals surface area (Å²) in [6.45, 7) is 8.78. The standard InChI is InChI=1S/C7H18N.C3H6/c1-5-6-7-8(2,3)4;1-3-2/h5-7H2,1-4H3;3H,1H2,2H3/q+1;. The van der Waals surface area contributed by atoms with E-state index in [0.29, 0.717) is 0 Å². The van der Waals surface area contributed by atoms with Gasteiger partial charge in [0.2, 0.25) is 0 Å². The lowest BCUT2D eigenvalue weighted by Gasteiger charge is -2.23. The molecule has 0 amide bonds. The summed E-state index contributed by atoms with van der Waals surface area (Å²) in [5.41, 5.74) is 0.